The number of hydrogen-bond acceptors (Lipinski definition) is 1. The fourth-order valence-corrected chi connectivity index (χ4v) is 7.07. The van der Waals surface area contributed by atoms with Crippen LogP contribution in [0.4, 0.5) is 0 Å². The number of imidazole rings is 1. The van der Waals surface area contributed by atoms with E-state index in [1.54, 1.807) is 0 Å². The second kappa shape index (κ2) is 11.8. The van der Waals surface area contributed by atoms with Crippen molar-refractivity contribution in [1.82, 2.24) is 4.57 Å². The Morgan fingerprint density at radius 1 is 0.944 bits per heavy atom. The van der Waals surface area contributed by atoms with Gasteiger partial charge in [0.15, 0.2) is 0 Å². The van der Waals surface area contributed by atoms with Crippen LogP contribution in [0.2, 0.25) is 0 Å². The van der Waals surface area contributed by atoms with Gasteiger partial charge in [-0.15, -0.1) is 0 Å². The van der Waals surface area contributed by atoms with E-state index in [2.05, 4.69) is 52.7 Å². The predicted octanol–water partition coefficient (Wildman–Crippen LogP) is 2.87. The lowest BCUT2D eigenvalue weighted by molar-refractivity contribution is -0.703. The molecule has 2 N–H and O–H groups in total. The largest absolute Gasteiger partial charge is 1.00 e. The van der Waals surface area contributed by atoms with E-state index in [0.717, 1.165) is 42.9 Å². The molecule has 0 bridgehead atoms. The molecular formula is C31H40BrN3O. The maximum Gasteiger partial charge on any atom is 0.253 e. The Labute approximate surface area is 226 Å². The van der Waals surface area contributed by atoms with Gasteiger partial charge in [0, 0.05) is 6.92 Å². The van der Waals surface area contributed by atoms with Crippen LogP contribution in [0.5, 0.6) is 0 Å². The van der Waals surface area contributed by atoms with E-state index >= 15 is 0 Å². The van der Waals surface area contributed by atoms with Gasteiger partial charge in [-0.1, -0.05) is 92.8 Å². The quantitative estimate of drug-likeness (QED) is 0.431. The van der Waals surface area contributed by atoms with Crippen molar-refractivity contribution in [3.63, 3.8) is 0 Å². The Morgan fingerprint density at radius 3 is 2.14 bits per heavy atom. The molecule has 0 spiro atoms. The van der Waals surface area contributed by atoms with E-state index in [1.807, 2.05) is 36.4 Å². The summed E-state index contributed by atoms with van der Waals surface area (Å²) in [4.78, 5) is 13.4. The number of carbonyl (C=O) groups excluding carboxylic acids is 1. The minimum Gasteiger partial charge on any atom is -1.00 e. The second-order valence-corrected chi connectivity index (χ2v) is 10.8. The van der Waals surface area contributed by atoms with Crippen molar-refractivity contribution in [1.29, 1.82) is 0 Å². The summed E-state index contributed by atoms with van der Waals surface area (Å²) in [6.45, 7) is 3.36. The highest BCUT2D eigenvalue weighted by molar-refractivity contribution is 5.91. The molecule has 2 aromatic carbocycles. The summed E-state index contributed by atoms with van der Waals surface area (Å²) in [5.74, 6) is 2.14. The summed E-state index contributed by atoms with van der Waals surface area (Å²) in [6.07, 6.45) is 15.8. The molecule has 1 aromatic heterocycles. The third-order valence-corrected chi connectivity index (χ3v) is 8.96. The first-order chi connectivity index (χ1) is 17.1. The molecule has 0 radical (unpaired) electrons. The Hall–Kier alpha value is -2.40. The number of benzene rings is 2. The number of amides is 1. The average molecular weight is 551 g/mol. The molecule has 2 aliphatic rings. The molecule has 192 valence electrons. The molecule has 2 fully saturated rings. The monoisotopic (exact) mass is 549 g/mol. The summed E-state index contributed by atoms with van der Waals surface area (Å²) in [5.41, 5.74) is 7.50. The van der Waals surface area contributed by atoms with Crippen molar-refractivity contribution in [2.75, 3.05) is 0 Å². The van der Waals surface area contributed by atoms with Crippen molar-refractivity contribution < 1.29 is 26.3 Å². The number of aryl methyl sites for hydroxylation is 1. The van der Waals surface area contributed by atoms with Crippen LogP contribution < -0.4 is 27.3 Å². The molecular weight excluding hydrogens is 510 g/mol. The van der Waals surface area contributed by atoms with E-state index in [-0.39, 0.29) is 28.8 Å². The molecule has 3 aromatic rings. The highest BCUT2D eigenvalue weighted by atomic mass is 79.9. The van der Waals surface area contributed by atoms with Crippen molar-refractivity contribution >= 4 is 5.91 Å². The molecule has 4 nitrogen and oxygen atoms in total. The highest BCUT2D eigenvalue weighted by Gasteiger charge is 2.51. The average Bonchev–Trinajstić information content (AvgIpc) is 3.52. The summed E-state index contributed by atoms with van der Waals surface area (Å²) in [7, 11) is 0. The zero-order valence-corrected chi connectivity index (χ0v) is 23.1. The predicted molar refractivity (Wildman–Crippen MR) is 140 cm³/mol. The molecule has 1 amide bonds. The van der Waals surface area contributed by atoms with E-state index in [9.17, 15) is 4.79 Å². The Morgan fingerprint density at radius 2 is 1.56 bits per heavy atom. The van der Waals surface area contributed by atoms with Gasteiger partial charge in [0.2, 0.25) is 5.91 Å². The third kappa shape index (κ3) is 5.04. The third-order valence-electron chi connectivity index (χ3n) is 8.96. The number of aromatic nitrogens is 2. The molecule has 2 aliphatic carbocycles. The van der Waals surface area contributed by atoms with E-state index in [4.69, 9.17) is 5.73 Å². The fourth-order valence-electron chi connectivity index (χ4n) is 7.07. The standard InChI is InChI=1S/C31H39N3O.BrH/c1-24-33(20-19-25-11-5-2-6-12-25)21-22-34(24)29-18-17-28(23-29)31(30(32)35,26-13-7-3-8-14-26)27-15-9-4-10-16-27;/h3-4,7-10,13-16,21-22,25,28-29H,2,5-6,11-12,17-20,23H2,1H3,(H-,32,35);1H/t28-,29+;/m0./s1. The number of nitrogens with two attached hydrogens (primary N) is 1. The second-order valence-electron chi connectivity index (χ2n) is 10.8. The number of primary amides is 1. The van der Waals surface area contributed by atoms with Crippen LogP contribution in [-0.4, -0.2) is 10.5 Å². The van der Waals surface area contributed by atoms with Crippen LogP contribution in [0.15, 0.2) is 73.1 Å². The number of rotatable bonds is 8. The summed E-state index contributed by atoms with van der Waals surface area (Å²) >= 11 is 0. The van der Waals surface area contributed by atoms with Crippen molar-refractivity contribution in [3.05, 3.63) is 90.0 Å². The van der Waals surface area contributed by atoms with E-state index < -0.39 is 5.41 Å². The summed E-state index contributed by atoms with van der Waals surface area (Å²) in [5, 5.41) is 0. The highest BCUT2D eigenvalue weighted by Crippen LogP contribution is 2.50. The minimum atomic E-state index is -0.810. The Balaban J connectivity index is 0.00000304. The first kappa shape index (κ1) is 26.7. The smallest absolute Gasteiger partial charge is 0.253 e. The van der Waals surface area contributed by atoms with Crippen LogP contribution in [0.1, 0.15) is 80.8 Å². The topological polar surface area (TPSA) is 51.9 Å². The first-order valence-electron chi connectivity index (χ1n) is 13.6. The van der Waals surface area contributed by atoms with Crippen LogP contribution >= 0.6 is 0 Å². The van der Waals surface area contributed by atoms with Gasteiger partial charge in [0.25, 0.3) is 5.82 Å². The molecule has 36 heavy (non-hydrogen) atoms. The van der Waals surface area contributed by atoms with E-state index in [0.29, 0.717) is 6.04 Å². The van der Waals surface area contributed by atoms with Gasteiger partial charge in [-0.25, -0.2) is 9.13 Å². The van der Waals surface area contributed by atoms with Crippen molar-refractivity contribution in [3.8, 4) is 0 Å². The summed E-state index contributed by atoms with van der Waals surface area (Å²) < 4.78 is 4.90. The SMILES string of the molecule is Cc1n([C@@H]2CC[C@H](C(C(N)=O)(c3ccccc3)c3ccccc3)C2)cc[n+]1CCC1CCCCC1.[Br-]. The zero-order valence-electron chi connectivity index (χ0n) is 21.5. The molecule has 0 unspecified atom stereocenters. The number of carbonyl (C=O) groups is 1. The van der Waals surface area contributed by atoms with Crippen LogP contribution in [0.3, 0.4) is 0 Å². The summed E-state index contributed by atoms with van der Waals surface area (Å²) in [6, 6.07) is 20.8. The molecule has 1 heterocycles. The van der Waals surface area contributed by atoms with Crippen LogP contribution in [0.25, 0.3) is 0 Å². The van der Waals surface area contributed by atoms with Gasteiger partial charge >= 0.3 is 0 Å². The maximum atomic E-state index is 13.4. The lowest BCUT2D eigenvalue weighted by Gasteiger charge is -2.37. The fraction of sp³-hybridized carbons (Fsp3) is 0.484. The Bertz CT molecular complexity index is 1080. The molecule has 0 aliphatic heterocycles. The maximum absolute atomic E-state index is 13.4. The molecule has 2 saturated carbocycles. The minimum absolute atomic E-state index is 0. The van der Waals surface area contributed by atoms with Gasteiger partial charge in [0.1, 0.15) is 23.9 Å². The number of nitrogens with zero attached hydrogens (tertiary/aromatic N) is 2. The van der Waals surface area contributed by atoms with Gasteiger partial charge in [0.05, 0.1) is 6.54 Å². The number of halogens is 1. The van der Waals surface area contributed by atoms with Gasteiger partial charge < -0.3 is 22.7 Å². The molecule has 5 heteroatoms. The van der Waals surface area contributed by atoms with E-state index in [1.165, 1.54) is 44.3 Å². The molecule has 5 rings (SSSR count). The van der Waals surface area contributed by atoms with Crippen molar-refractivity contribution in [2.45, 2.75) is 82.7 Å². The lowest BCUT2D eigenvalue weighted by Crippen LogP contribution is -3.00. The van der Waals surface area contributed by atoms with Gasteiger partial charge in [-0.05, 0) is 48.6 Å². The van der Waals surface area contributed by atoms with Crippen LogP contribution in [-0.2, 0) is 16.8 Å². The normalized spacial score (nSPS) is 20.7. The first-order valence-corrected chi connectivity index (χ1v) is 13.6. The lowest BCUT2D eigenvalue weighted by atomic mass is 9.64. The van der Waals surface area contributed by atoms with Crippen LogP contribution in [0, 0.1) is 18.8 Å². The zero-order chi connectivity index (χ0) is 24.3. The van der Waals surface area contributed by atoms with Gasteiger partial charge in [-0.2, -0.15) is 0 Å². The molecule has 2 atom stereocenters. The molecule has 0 saturated heterocycles. The Kier molecular flexibility index (Phi) is 8.71. The van der Waals surface area contributed by atoms with Crippen molar-refractivity contribution in [2.24, 2.45) is 17.6 Å². The van der Waals surface area contributed by atoms with Gasteiger partial charge in [-0.3, -0.25) is 4.79 Å². The number of hydrogen-bond donors (Lipinski definition) is 1.